The number of hydrogen-bond acceptors (Lipinski definition) is 2. The van der Waals surface area contributed by atoms with Gasteiger partial charge in [-0.05, 0) is 17.5 Å². The highest BCUT2D eigenvalue weighted by Gasteiger charge is 2.39. The molecule has 0 amide bonds. The smallest absolute Gasteiger partial charge is 0.253 e. The number of para-hydroxylation sites is 1. The van der Waals surface area contributed by atoms with Crippen molar-refractivity contribution in [1.82, 2.24) is 0 Å². The maximum Gasteiger partial charge on any atom is 0.253 e. The molecule has 1 aliphatic rings. The zero-order chi connectivity index (χ0) is 14.2. The van der Waals surface area contributed by atoms with E-state index in [1.54, 1.807) is 6.20 Å². The van der Waals surface area contributed by atoms with E-state index < -0.39 is 9.58 Å². The van der Waals surface area contributed by atoms with Gasteiger partial charge in [0.05, 0.1) is 0 Å². The van der Waals surface area contributed by atoms with Crippen molar-refractivity contribution in [1.29, 1.82) is 0 Å². The van der Waals surface area contributed by atoms with Crippen LogP contribution in [-0.2, 0) is 4.79 Å². The number of carbonyl (C=O) groups is 1. The maximum absolute atomic E-state index is 12.2. The minimum atomic E-state index is -1.92. The number of fused-ring (bicyclic) bond motifs is 1. The molecule has 19 heavy (non-hydrogen) atoms. The SMILES string of the molecule is CC(C)C1C(C(=O)C(Cl)(Cl)Cl)=CNc2ccccc21. The zero-order valence-corrected chi connectivity index (χ0v) is 12.9. The quantitative estimate of drug-likeness (QED) is 0.803. The van der Waals surface area contributed by atoms with Crippen LogP contribution in [0.2, 0.25) is 0 Å². The predicted octanol–water partition coefficient (Wildman–Crippen LogP) is 4.67. The first-order chi connectivity index (χ1) is 8.82. The minimum absolute atomic E-state index is 0.0689. The molecule has 1 aromatic rings. The van der Waals surface area contributed by atoms with Crippen molar-refractivity contribution in [2.75, 3.05) is 5.32 Å². The second kappa shape index (κ2) is 5.35. The van der Waals surface area contributed by atoms with Gasteiger partial charge in [-0.2, -0.15) is 0 Å². The van der Waals surface area contributed by atoms with Gasteiger partial charge < -0.3 is 5.32 Å². The van der Waals surface area contributed by atoms with E-state index in [-0.39, 0.29) is 11.8 Å². The summed E-state index contributed by atoms with van der Waals surface area (Å²) < 4.78 is -1.92. The molecule has 0 spiro atoms. The molecule has 0 fully saturated rings. The molecule has 1 N–H and O–H groups in total. The molecule has 1 atom stereocenters. The van der Waals surface area contributed by atoms with Crippen LogP contribution in [0.3, 0.4) is 0 Å². The van der Waals surface area contributed by atoms with Crippen LogP contribution in [-0.4, -0.2) is 9.58 Å². The van der Waals surface area contributed by atoms with Gasteiger partial charge in [0.1, 0.15) is 0 Å². The van der Waals surface area contributed by atoms with Gasteiger partial charge in [-0.25, -0.2) is 0 Å². The van der Waals surface area contributed by atoms with Gasteiger partial charge in [-0.1, -0.05) is 66.8 Å². The highest BCUT2D eigenvalue weighted by Crippen LogP contribution is 2.43. The summed E-state index contributed by atoms with van der Waals surface area (Å²) >= 11 is 17.2. The van der Waals surface area contributed by atoms with Crippen molar-refractivity contribution in [3.63, 3.8) is 0 Å². The molecular formula is C14H14Cl3NO. The Hall–Kier alpha value is -0.700. The van der Waals surface area contributed by atoms with E-state index in [0.29, 0.717) is 5.57 Å². The Morgan fingerprint density at radius 2 is 1.89 bits per heavy atom. The Morgan fingerprint density at radius 1 is 1.26 bits per heavy atom. The Bertz CT molecular complexity index is 532. The van der Waals surface area contributed by atoms with Gasteiger partial charge >= 0.3 is 0 Å². The summed E-state index contributed by atoms with van der Waals surface area (Å²) in [5.74, 6) is -0.315. The van der Waals surface area contributed by atoms with Crippen LogP contribution in [0, 0.1) is 5.92 Å². The lowest BCUT2D eigenvalue weighted by Gasteiger charge is -2.31. The zero-order valence-electron chi connectivity index (χ0n) is 10.6. The van der Waals surface area contributed by atoms with E-state index in [4.69, 9.17) is 34.8 Å². The molecule has 0 aromatic heterocycles. The number of carbonyl (C=O) groups excluding carboxylic acids is 1. The molecule has 1 unspecified atom stereocenters. The van der Waals surface area contributed by atoms with Gasteiger partial charge in [0.25, 0.3) is 3.79 Å². The Morgan fingerprint density at radius 3 is 2.47 bits per heavy atom. The summed E-state index contributed by atoms with van der Waals surface area (Å²) in [6.45, 7) is 4.10. The van der Waals surface area contributed by atoms with Gasteiger partial charge in [0.15, 0.2) is 0 Å². The number of anilines is 1. The Labute approximate surface area is 127 Å². The van der Waals surface area contributed by atoms with Crippen LogP contribution in [0.4, 0.5) is 5.69 Å². The average Bonchev–Trinajstić information content (AvgIpc) is 2.35. The van der Waals surface area contributed by atoms with Crippen molar-refractivity contribution >= 4 is 46.3 Å². The standard InChI is InChI=1S/C14H14Cl3NO/c1-8(2)12-9-5-3-4-6-11(9)18-7-10(12)13(19)14(15,16)17/h3-8,12,18H,1-2H3. The van der Waals surface area contributed by atoms with Crippen molar-refractivity contribution in [3.05, 3.63) is 41.6 Å². The second-order valence-corrected chi connectivity index (χ2v) is 7.16. The van der Waals surface area contributed by atoms with E-state index in [0.717, 1.165) is 11.3 Å². The average molecular weight is 319 g/mol. The van der Waals surface area contributed by atoms with E-state index in [1.807, 2.05) is 38.1 Å². The van der Waals surface area contributed by atoms with Crippen molar-refractivity contribution in [3.8, 4) is 0 Å². The molecule has 0 aliphatic carbocycles. The molecule has 0 bridgehead atoms. The molecule has 2 nitrogen and oxygen atoms in total. The number of halogens is 3. The van der Waals surface area contributed by atoms with Crippen molar-refractivity contribution in [2.24, 2.45) is 5.92 Å². The number of alkyl halides is 3. The third kappa shape index (κ3) is 2.91. The predicted molar refractivity (Wildman–Crippen MR) is 81.0 cm³/mol. The molecule has 0 radical (unpaired) electrons. The number of Topliss-reactive ketones (excluding diaryl/α,β-unsaturated/α-hetero) is 1. The summed E-state index contributed by atoms with van der Waals surface area (Å²) in [5, 5.41) is 3.09. The van der Waals surface area contributed by atoms with Gasteiger partial charge in [-0.3, -0.25) is 4.79 Å². The van der Waals surface area contributed by atoms with Gasteiger partial charge in [0, 0.05) is 23.4 Å². The first-order valence-electron chi connectivity index (χ1n) is 5.99. The first kappa shape index (κ1) is 14.7. The van der Waals surface area contributed by atoms with Crippen LogP contribution < -0.4 is 5.32 Å². The monoisotopic (exact) mass is 317 g/mol. The number of rotatable bonds is 2. The van der Waals surface area contributed by atoms with Crippen LogP contribution >= 0.6 is 34.8 Å². The third-order valence-corrected chi connectivity index (χ3v) is 3.72. The summed E-state index contributed by atoms with van der Waals surface area (Å²) in [7, 11) is 0. The highest BCUT2D eigenvalue weighted by molar-refractivity contribution is 6.77. The van der Waals surface area contributed by atoms with Crippen LogP contribution in [0.1, 0.15) is 25.3 Å². The largest absolute Gasteiger partial charge is 0.361 e. The topological polar surface area (TPSA) is 29.1 Å². The van der Waals surface area contributed by atoms with Crippen LogP contribution in [0.5, 0.6) is 0 Å². The molecule has 5 heteroatoms. The summed E-state index contributed by atoms with van der Waals surface area (Å²) in [5.41, 5.74) is 2.55. The third-order valence-electron chi connectivity index (χ3n) is 3.20. The molecular weight excluding hydrogens is 305 g/mol. The Balaban J connectivity index is 2.47. The van der Waals surface area contributed by atoms with Crippen molar-refractivity contribution in [2.45, 2.75) is 23.6 Å². The van der Waals surface area contributed by atoms with Crippen LogP contribution in [0.25, 0.3) is 0 Å². The van der Waals surface area contributed by atoms with Gasteiger partial charge in [0.2, 0.25) is 5.78 Å². The fourth-order valence-corrected chi connectivity index (χ4v) is 2.73. The van der Waals surface area contributed by atoms with Crippen LogP contribution in [0.15, 0.2) is 36.0 Å². The number of ketones is 1. The lowest BCUT2D eigenvalue weighted by atomic mass is 9.79. The lowest BCUT2D eigenvalue weighted by molar-refractivity contribution is -0.115. The fraction of sp³-hybridized carbons (Fsp3) is 0.357. The lowest BCUT2D eigenvalue weighted by Crippen LogP contribution is -2.29. The van der Waals surface area contributed by atoms with E-state index >= 15 is 0 Å². The summed E-state index contributed by atoms with van der Waals surface area (Å²) in [6, 6.07) is 7.85. The molecule has 1 aromatic carbocycles. The number of benzene rings is 1. The van der Waals surface area contributed by atoms with E-state index in [2.05, 4.69) is 5.32 Å². The van der Waals surface area contributed by atoms with Crippen molar-refractivity contribution < 1.29 is 4.79 Å². The first-order valence-corrected chi connectivity index (χ1v) is 7.13. The molecule has 1 heterocycles. The molecule has 0 saturated carbocycles. The maximum atomic E-state index is 12.2. The molecule has 102 valence electrons. The Kier molecular flexibility index (Phi) is 4.14. The van der Waals surface area contributed by atoms with Gasteiger partial charge in [-0.15, -0.1) is 0 Å². The number of allylic oxidation sites excluding steroid dienone is 1. The molecule has 1 aliphatic heterocycles. The normalized spacial score (nSPS) is 18.6. The fourth-order valence-electron chi connectivity index (χ4n) is 2.40. The molecule has 0 saturated heterocycles. The number of nitrogens with one attached hydrogen (secondary N) is 1. The molecule has 2 rings (SSSR count). The summed E-state index contributed by atoms with van der Waals surface area (Å²) in [4.78, 5) is 12.2. The van der Waals surface area contributed by atoms with E-state index in [1.165, 1.54) is 0 Å². The second-order valence-electron chi connectivity index (χ2n) is 4.88. The van der Waals surface area contributed by atoms with E-state index in [9.17, 15) is 4.79 Å². The highest BCUT2D eigenvalue weighted by atomic mass is 35.6. The minimum Gasteiger partial charge on any atom is -0.361 e. The summed E-state index contributed by atoms with van der Waals surface area (Å²) in [6.07, 6.45) is 1.65. The number of hydrogen-bond donors (Lipinski definition) is 1.